The lowest BCUT2D eigenvalue weighted by atomic mass is 10.2. The molecule has 1 aromatic rings. The maximum absolute atomic E-state index is 12.9. The quantitative estimate of drug-likeness (QED) is 0.613. The molecule has 1 aliphatic heterocycles. The summed E-state index contributed by atoms with van der Waals surface area (Å²) in [5.74, 6) is 0.0161. The molecule has 0 aromatic heterocycles. The SMILES string of the molecule is COc1ccc(S(=O)(=O)[C@H]2CS(=O)(=O)C[C@@H]2NCCCOC(C)C)cc1. The highest BCUT2D eigenvalue weighted by Crippen LogP contribution is 2.27. The molecule has 2 rings (SSSR count). The molecular formula is C17H27NO6S2. The summed E-state index contributed by atoms with van der Waals surface area (Å²) in [7, 11) is -5.67. The first kappa shape index (κ1) is 21.1. The predicted molar refractivity (Wildman–Crippen MR) is 100 cm³/mol. The lowest BCUT2D eigenvalue weighted by molar-refractivity contribution is 0.0768. The molecule has 7 nitrogen and oxygen atoms in total. The van der Waals surface area contributed by atoms with Crippen LogP contribution < -0.4 is 10.1 Å². The molecule has 1 saturated heterocycles. The third kappa shape index (κ3) is 5.42. The van der Waals surface area contributed by atoms with E-state index in [1.54, 1.807) is 12.1 Å². The second-order valence-electron chi connectivity index (χ2n) is 6.67. The Morgan fingerprint density at radius 2 is 1.85 bits per heavy atom. The highest BCUT2D eigenvalue weighted by molar-refractivity contribution is 7.96. The van der Waals surface area contributed by atoms with Crippen LogP contribution in [0.3, 0.4) is 0 Å². The van der Waals surface area contributed by atoms with Gasteiger partial charge in [0.1, 0.15) is 5.75 Å². The number of hydrogen-bond acceptors (Lipinski definition) is 7. The van der Waals surface area contributed by atoms with Crippen molar-refractivity contribution in [3.05, 3.63) is 24.3 Å². The van der Waals surface area contributed by atoms with Gasteiger partial charge in [-0.2, -0.15) is 0 Å². The van der Waals surface area contributed by atoms with E-state index in [0.29, 0.717) is 25.3 Å². The largest absolute Gasteiger partial charge is 0.497 e. The molecule has 0 amide bonds. The highest BCUT2D eigenvalue weighted by atomic mass is 32.2. The Bertz CT molecular complexity index is 787. The van der Waals surface area contributed by atoms with Crippen LogP contribution >= 0.6 is 0 Å². The fraction of sp³-hybridized carbons (Fsp3) is 0.647. The monoisotopic (exact) mass is 405 g/mol. The maximum atomic E-state index is 12.9. The van der Waals surface area contributed by atoms with E-state index in [4.69, 9.17) is 9.47 Å². The Labute approximate surface area is 155 Å². The molecule has 0 spiro atoms. The minimum absolute atomic E-state index is 0.107. The molecule has 148 valence electrons. The van der Waals surface area contributed by atoms with Gasteiger partial charge in [-0.05, 0) is 51.1 Å². The minimum Gasteiger partial charge on any atom is -0.497 e. The van der Waals surface area contributed by atoms with Crippen molar-refractivity contribution < 1.29 is 26.3 Å². The molecule has 1 aromatic carbocycles. The summed E-state index contributed by atoms with van der Waals surface area (Å²) in [4.78, 5) is 0.107. The molecule has 1 aliphatic rings. The van der Waals surface area contributed by atoms with Gasteiger partial charge >= 0.3 is 0 Å². The van der Waals surface area contributed by atoms with E-state index in [-0.39, 0.29) is 22.5 Å². The molecule has 0 aliphatic carbocycles. The van der Waals surface area contributed by atoms with Crippen LogP contribution in [0.25, 0.3) is 0 Å². The van der Waals surface area contributed by atoms with Crippen molar-refractivity contribution in [3.63, 3.8) is 0 Å². The third-order valence-electron chi connectivity index (χ3n) is 4.27. The first-order valence-electron chi connectivity index (χ1n) is 8.59. The summed E-state index contributed by atoms with van der Waals surface area (Å²) in [6.07, 6.45) is 0.814. The average Bonchev–Trinajstić information content (AvgIpc) is 2.90. The van der Waals surface area contributed by atoms with Crippen LogP contribution in [0.4, 0.5) is 0 Å². The van der Waals surface area contributed by atoms with Crippen molar-refractivity contribution in [2.24, 2.45) is 0 Å². The Morgan fingerprint density at radius 1 is 1.19 bits per heavy atom. The Balaban J connectivity index is 2.10. The first-order valence-corrected chi connectivity index (χ1v) is 12.0. The van der Waals surface area contributed by atoms with Gasteiger partial charge in [0.05, 0.1) is 34.9 Å². The molecule has 2 atom stereocenters. The van der Waals surface area contributed by atoms with Gasteiger partial charge in [-0.15, -0.1) is 0 Å². The second kappa shape index (κ2) is 8.69. The molecule has 1 fully saturated rings. The summed E-state index contributed by atoms with van der Waals surface area (Å²) < 4.78 is 60.5. The number of sulfone groups is 2. The lowest BCUT2D eigenvalue weighted by Crippen LogP contribution is -2.43. The number of hydrogen-bond donors (Lipinski definition) is 1. The maximum Gasteiger partial charge on any atom is 0.183 e. The summed E-state index contributed by atoms with van der Waals surface area (Å²) in [5.41, 5.74) is 0. The van der Waals surface area contributed by atoms with Crippen LogP contribution in [-0.4, -0.2) is 66.0 Å². The van der Waals surface area contributed by atoms with Gasteiger partial charge in [-0.3, -0.25) is 0 Å². The smallest absolute Gasteiger partial charge is 0.183 e. The fourth-order valence-corrected chi connectivity index (χ4v) is 7.65. The van der Waals surface area contributed by atoms with Crippen LogP contribution in [0.15, 0.2) is 29.2 Å². The second-order valence-corrected chi connectivity index (χ2v) is 11.0. The summed E-state index contributed by atoms with van der Waals surface area (Å²) >= 11 is 0. The van der Waals surface area contributed by atoms with Crippen LogP contribution in [-0.2, 0) is 24.4 Å². The van der Waals surface area contributed by atoms with E-state index < -0.39 is 31.0 Å². The standard InChI is InChI=1S/C17H27NO6S2/c1-13(2)24-10-4-9-18-16-11-25(19,20)12-17(16)26(21,22)15-7-5-14(23-3)6-8-15/h5-8,13,16-18H,4,9-12H2,1-3H3/t16-,17-/m0/s1. The van der Waals surface area contributed by atoms with E-state index in [1.807, 2.05) is 13.8 Å². The van der Waals surface area contributed by atoms with E-state index >= 15 is 0 Å². The molecule has 0 unspecified atom stereocenters. The molecule has 1 N–H and O–H groups in total. The number of methoxy groups -OCH3 is 1. The Kier molecular flexibility index (Phi) is 7.06. The van der Waals surface area contributed by atoms with Crippen molar-refractivity contribution in [3.8, 4) is 5.75 Å². The number of rotatable bonds is 9. The van der Waals surface area contributed by atoms with Crippen molar-refractivity contribution in [1.29, 1.82) is 0 Å². The van der Waals surface area contributed by atoms with Crippen molar-refractivity contribution in [2.45, 2.75) is 42.6 Å². The summed E-state index contributed by atoms with van der Waals surface area (Å²) in [6.45, 7) is 4.92. The lowest BCUT2D eigenvalue weighted by Gasteiger charge is -2.20. The van der Waals surface area contributed by atoms with Gasteiger partial charge in [-0.25, -0.2) is 16.8 Å². The minimum atomic E-state index is -3.77. The zero-order valence-corrected chi connectivity index (χ0v) is 17.0. The number of benzene rings is 1. The number of nitrogens with one attached hydrogen (secondary N) is 1. The van der Waals surface area contributed by atoms with Gasteiger partial charge in [0, 0.05) is 12.6 Å². The Morgan fingerprint density at radius 3 is 2.42 bits per heavy atom. The molecule has 26 heavy (non-hydrogen) atoms. The highest BCUT2D eigenvalue weighted by Gasteiger charge is 2.45. The zero-order valence-electron chi connectivity index (χ0n) is 15.3. The summed E-state index contributed by atoms with van der Waals surface area (Å²) in [6, 6.07) is 5.40. The molecule has 1 heterocycles. The van der Waals surface area contributed by atoms with Gasteiger partial charge in [-0.1, -0.05) is 0 Å². The zero-order chi connectivity index (χ0) is 19.4. The van der Waals surface area contributed by atoms with E-state index in [0.717, 1.165) is 0 Å². The molecular weight excluding hydrogens is 378 g/mol. The van der Waals surface area contributed by atoms with Crippen LogP contribution in [0.2, 0.25) is 0 Å². The van der Waals surface area contributed by atoms with Gasteiger partial charge in [0.2, 0.25) is 0 Å². The Hall–Kier alpha value is -1.16. The topological polar surface area (TPSA) is 98.8 Å². The van der Waals surface area contributed by atoms with Crippen LogP contribution in [0.5, 0.6) is 5.75 Å². The molecule has 0 radical (unpaired) electrons. The molecule has 0 saturated carbocycles. The van der Waals surface area contributed by atoms with Gasteiger partial charge in [0.15, 0.2) is 19.7 Å². The van der Waals surface area contributed by atoms with E-state index in [1.165, 1.54) is 19.2 Å². The third-order valence-corrected chi connectivity index (χ3v) is 8.43. The van der Waals surface area contributed by atoms with Gasteiger partial charge < -0.3 is 14.8 Å². The van der Waals surface area contributed by atoms with Crippen LogP contribution in [0.1, 0.15) is 20.3 Å². The van der Waals surface area contributed by atoms with E-state index in [2.05, 4.69) is 5.32 Å². The first-order chi connectivity index (χ1) is 12.2. The molecule has 9 heteroatoms. The predicted octanol–water partition coefficient (Wildman–Crippen LogP) is 1.04. The van der Waals surface area contributed by atoms with Crippen molar-refractivity contribution in [1.82, 2.24) is 5.32 Å². The normalized spacial score (nSPS) is 22.6. The van der Waals surface area contributed by atoms with Gasteiger partial charge in [0.25, 0.3) is 0 Å². The van der Waals surface area contributed by atoms with Crippen LogP contribution in [0, 0.1) is 0 Å². The average molecular weight is 406 g/mol. The van der Waals surface area contributed by atoms with Crippen molar-refractivity contribution >= 4 is 19.7 Å². The van der Waals surface area contributed by atoms with Crippen molar-refractivity contribution in [2.75, 3.05) is 31.8 Å². The fourth-order valence-electron chi connectivity index (χ4n) is 2.93. The number of ether oxygens (including phenoxy) is 2. The molecule has 0 bridgehead atoms. The summed E-state index contributed by atoms with van der Waals surface area (Å²) in [5, 5.41) is 2.10. The van der Waals surface area contributed by atoms with E-state index in [9.17, 15) is 16.8 Å².